The van der Waals surface area contributed by atoms with Crippen LogP contribution < -0.4 is 5.73 Å². The molecule has 0 heterocycles. The van der Waals surface area contributed by atoms with Gasteiger partial charge < -0.3 is 10.8 Å². The summed E-state index contributed by atoms with van der Waals surface area (Å²) in [5.41, 5.74) is 6.35. The maximum Gasteiger partial charge on any atom is 0.242 e. The average molecular weight is 290 g/mol. The van der Waals surface area contributed by atoms with Crippen molar-refractivity contribution in [3.05, 3.63) is 18.2 Å². The molecule has 1 rings (SSSR count). The Bertz CT molecular complexity index is 501. The lowest BCUT2D eigenvalue weighted by atomic mass is 10.3. The van der Waals surface area contributed by atoms with Crippen LogP contribution in [0.4, 0.5) is 5.69 Å². The number of hydrogen-bond acceptors (Lipinski definition) is 5. The van der Waals surface area contributed by atoms with Gasteiger partial charge in [-0.1, -0.05) is 0 Å². The second-order valence-electron chi connectivity index (χ2n) is 3.91. The highest BCUT2D eigenvalue weighted by Gasteiger charge is 2.18. The summed E-state index contributed by atoms with van der Waals surface area (Å²) in [6, 6.07) is 4.67. The number of rotatable bonds is 6. The van der Waals surface area contributed by atoms with E-state index >= 15 is 0 Å². The molecule has 5 nitrogen and oxygen atoms in total. The number of hydrogen-bond donors (Lipinski definition) is 2. The summed E-state index contributed by atoms with van der Waals surface area (Å²) in [5, 5.41) is 8.72. The molecule has 3 N–H and O–H groups in total. The molecule has 102 valence electrons. The Hall–Kier alpha value is -0.760. The largest absolute Gasteiger partial charge is 0.398 e. The van der Waals surface area contributed by atoms with Gasteiger partial charge in [-0.15, -0.1) is 11.8 Å². The van der Waals surface area contributed by atoms with Crippen LogP contribution in [0.1, 0.15) is 6.42 Å². The zero-order valence-corrected chi connectivity index (χ0v) is 12.1. The lowest BCUT2D eigenvalue weighted by Gasteiger charge is -2.13. The first kappa shape index (κ1) is 15.3. The highest BCUT2D eigenvalue weighted by Crippen LogP contribution is 2.28. The zero-order chi connectivity index (χ0) is 13.8. The highest BCUT2D eigenvalue weighted by atomic mass is 32.2. The first-order chi connectivity index (χ1) is 8.39. The van der Waals surface area contributed by atoms with Crippen LogP contribution in [0.2, 0.25) is 0 Å². The van der Waals surface area contributed by atoms with E-state index in [2.05, 4.69) is 0 Å². The van der Waals surface area contributed by atoms with Crippen molar-refractivity contribution in [2.24, 2.45) is 0 Å². The molecule has 7 heteroatoms. The third-order valence-electron chi connectivity index (χ3n) is 2.32. The number of benzene rings is 1. The Kier molecular flexibility index (Phi) is 5.46. The predicted molar refractivity (Wildman–Crippen MR) is 74.2 cm³/mol. The second kappa shape index (κ2) is 6.42. The number of nitrogens with zero attached hydrogens (tertiary/aromatic N) is 1. The molecule has 0 saturated carbocycles. The average Bonchev–Trinajstić information content (AvgIpc) is 2.31. The summed E-state index contributed by atoms with van der Waals surface area (Å²) in [4.78, 5) is 0.958. The Morgan fingerprint density at radius 2 is 2.06 bits per heavy atom. The summed E-state index contributed by atoms with van der Waals surface area (Å²) >= 11 is 1.45. The topological polar surface area (TPSA) is 83.6 Å². The standard InChI is InChI=1S/C11H18N2O3S2/c1-13(2)18(15,16)9-4-5-10(12)11(8-9)17-7-3-6-14/h4-5,8,14H,3,6-7,12H2,1-2H3. The van der Waals surface area contributed by atoms with Crippen LogP contribution >= 0.6 is 11.8 Å². The van der Waals surface area contributed by atoms with Crippen LogP contribution in [-0.2, 0) is 10.0 Å². The van der Waals surface area contributed by atoms with Gasteiger partial charge in [-0.2, -0.15) is 0 Å². The smallest absolute Gasteiger partial charge is 0.242 e. The lowest BCUT2D eigenvalue weighted by Crippen LogP contribution is -2.22. The van der Waals surface area contributed by atoms with Crippen LogP contribution in [0.25, 0.3) is 0 Å². The zero-order valence-electron chi connectivity index (χ0n) is 10.5. The fourth-order valence-corrected chi connectivity index (χ4v) is 3.20. The molecule has 0 bridgehead atoms. The first-order valence-corrected chi connectivity index (χ1v) is 7.88. The van der Waals surface area contributed by atoms with Gasteiger partial charge in [0.25, 0.3) is 0 Å². The molecule has 0 aliphatic heterocycles. The van der Waals surface area contributed by atoms with Gasteiger partial charge in [-0.3, -0.25) is 0 Å². The van der Waals surface area contributed by atoms with Gasteiger partial charge in [0.15, 0.2) is 0 Å². The summed E-state index contributed by atoms with van der Waals surface area (Å²) < 4.78 is 25.1. The van der Waals surface area contributed by atoms with Crippen LogP contribution in [0.5, 0.6) is 0 Å². The van der Waals surface area contributed by atoms with Gasteiger partial charge in [0, 0.05) is 37.0 Å². The van der Waals surface area contributed by atoms with Gasteiger partial charge in [0.1, 0.15) is 0 Å². The highest BCUT2D eigenvalue weighted by molar-refractivity contribution is 7.99. The number of nitrogen functional groups attached to an aromatic ring is 1. The lowest BCUT2D eigenvalue weighted by molar-refractivity contribution is 0.296. The van der Waals surface area contributed by atoms with E-state index in [0.29, 0.717) is 17.9 Å². The van der Waals surface area contributed by atoms with Gasteiger partial charge in [0.05, 0.1) is 4.90 Å². The molecule has 1 aromatic carbocycles. The molecular weight excluding hydrogens is 272 g/mol. The van der Waals surface area contributed by atoms with Crippen LogP contribution in [0, 0.1) is 0 Å². The molecule has 0 amide bonds. The summed E-state index contributed by atoms with van der Waals surface area (Å²) in [5.74, 6) is 0.701. The van der Waals surface area contributed by atoms with E-state index in [1.807, 2.05) is 0 Å². The van der Waals surface area contributed by atoms with Crippen molar-refractivity contribution < 1.29 is 13.5 Å². The van der Waals surface area contributed by atoms with Crippen molar-refractivity contribution in [2.75, 3.05) is 32.2 Å². The van der Waals surface area contributed by atoms with E-state index in [-0.39, 0.29) is 11.5 Å². The molecule has 0 radical (unpaired) electrons. The monoisotopic (exact) mass is 290 g/mol. The first-order valence-electron chi connectivity index (χ1n) is 5.45. The van der Waals surface area contributed by atoms with E-state index in [1.165, 1.54) is 36.2 Å². The van der Waals surface area contributed by atoms with Crippen molar-refractivity contribution >= 4 is 27.5 Å². The molecule has 0 aliphatic carbocycles. The van der Waals surface area contributed by atoms with Crippen molar-refractivity contribution in [1.29, 1.82) is 0 Å². The fraction of sp³-hybridized carbons (Fsp3) is 0.455. The van der Waals surface area contributed by atoms with E-state index in [1.54, 1.807) is 12.1 Å². The quantitative estimate of drug-likeness (QED) is 0.464. The number of aliphatic hydroxyl groups is 1. The Morgan fingerprint density at radius 1 is 1.39 bits per heavy atom. The number of aliphatic hydroxyl groups excluding tert-OH is 1. The predicted octanol–water partition coefficient (Wildman–Crippen LogP) is 0.994. The van der Waals surface area contributed by atoms with E-state index in [0.717, 1.165) is 4.90 Å². The molecule has 18 heavy (non-hydrogen) atoms. The fourth-order valence-electron chi connectivity index (χ4n) is 1.26. The van der Waals surface area contributed by atoms with Crippen LogP contribution in [0.3, 0.4) is 0 Å². The van der Waals surface area contributed by atoms with E-state index in [4.69, 9.17) is 10.8 Å². The van der Waals surface area contributed by atoms with E-state index < -0.39 is 10.0 Å². The number of sulfonamides is 1. The third kappa shape index (κ3) is 3.61. The minimum atomic E-state index is -3.43. The molecule has 0 fully saturated rings. The minimum absolute atomic E-state index is 0.114. The van der Waals surface area contributed by atoms with Crippen molar-refractivity contribution in [3.63, 3.8) is 0 Å². The molecule has 0 saturated heterocycles. The Labute approximate surface area is 112 Å². The van der Waals surface area contributed by atoms with Crippen molar-refractivity contribution in [1.82, 2.24) is 4.31 Å². The van der Waals surface area contributed by atoms with Crippen LogP contribution in [0.15, 0.2) is 28.0 Å². The molecule has 0 spiro atoms. The molecule has 0 aromatic heterocycles. The molecule has 0 unspecified atom stereocenters. The molecular formula is C11H18N2O3S2. The molecule has 1 aromatic rings. The summed E-state index contributed by atoms with van der Waals surface area (Å²) in [7, 11) is -0.451. The van der Waals surface area contributed by atoms with Gasteiger partial charge >= 0.3 is 0 Å². The maximum atomic E-state index is 12.0. The number of thioether (sulfide) groups is 1. The van der Waals surface area contributed by atoms with Crippen molar-refractivity contribution in [3.8, 4) is 0 Å². The second-order valence-corrected chi connectivity index (χ2v) is 7.20. The third-order valence-corrected chi connectivity index (χ3v) is 5.29. The maximum absolute atomic E-state index is 12.0. The van der Waals surface area contributed by atoms with Gasteiger partial charge in [0.2, 0.25) is 10.0 Å². The van der Waals surface area contributed by atoms with E-state index in [9.17, 15) is 8.42 Å². The van der Waals surface area contributed by atoms with Crippen molar-refractivity contribution in [2.45, 2.75) is 16.2 Å². The molecule has 0 aliphatic rings. The van der Waals surface area contributed by atoms with Gasteiger partial charge in [-0.25, -0.2) is 12.7 Å². The number of anilines is 1. The summed E-state index contributed by atoms with van der Waals surface area (Å²) in [6.07, 6.45) is 0.648. The Morgan fingerprint density at radius 3 is 2.61 bits per heavy atom. The number of nitrogens with two attached hydrogens (primary N) is 1. The Balaban J connectivity index is 3.01. The van der Waals surface area contributed by atoms with Crippen LogP contribution in [-0.4, -0.2) is 44.3 Å². The molecule has 0 atom stereocenters. The van der Waals surface area contributed by atoms with Gasteiger partial charge in [-0.05, 0) is 24.6 Å². The normalized spacial score (nSPS) is 12.0. The SMILES string of the molecule is CN(C)S(=O)(=O)c1ccc(N)c(SCCCO)c1. The summed E-state index contributed by atoms with van der Waals surface area (Å²) in [6.45, 7) is 0.114. The minimum Gasteiger partial charge on any atom is -0.398 e.